The molecule has 0 aliphatic carbocycles. The van der Waals surface area contributed by atoms with Crippen LogP contribution in [-0.4, -0.2) is 21.8 Å². The first-order valence-electron chi connectivity index (χ1n) is 10.8. The number of benzene rings is 3. The van der Waals surface area contributed by atoms with Crippen LogP contribution in [0, 0.1) is 6.92 Å². The second-order valence-corrected chi connectivity index (χ2v) is 9.78. The lowest BCUT2D eigenvalue weighted by molar-refractivity contribution is -0.117. The number of aliphatic hydroxyl groups is 1. The molecule has 0 saturated carbocycles. The highest BCUT2D eigenvalue weighted by Gasteiger charge is 2.46. The molecule has 0 bridgehead atoms. The minimum atomic E-state index is -0.901. The van der Waals surface area contributed by atoms with E-state index in [4.69, 9.17) is 16.0 Å². The molecule has 1 N–H and O–H groups in total. The maximum absolute atomic E-state index is 13.7. The van der Waals surface area contributed by atoms with E-state index in [-0.39, 0.29) is 11.3 Å². The lowest BCUT2D eigenvalue weighted by Gasteiger charge is -2.24. The molecule has 1 unspecified atom stereocenters. The summed E-state index contributed by atoms with van der Waals surface area (Å²) < 4.78 is 6.67. The minimum Gasteiger partial charge on any atom is -0.503 e. The van der Waals surface area contributed by atoms with Crippen LogP contribution in [0.5, 0.6) is 0 Å². The lowest BCUT2D eigenvalue weighted by Crippen LogP contribution is -2.30. The molecule has 0 spiro atoms. The minimum absolute atomic E-state index is 0.0429. The van der Waals surface area contributed by atoms with Crippen molar-refractivity contribution in [2.75, 3.05) is 4.90 Å². The van der Waals surface area contributed by atoms with Crippen LogP contribution in [0.3, 0.4) is 0 Å². The van der Waals surface area contributed by atoms with Gasteiger partial charge >= 0.3 is 0 Å². The number of thiazole rings is 1. The van der Waals surface area contributed by atoms with Crippen molar-refractivity contribution < 1.29 is 19.1 Å². The summed E-state index contributed by atoms with van der Waals surface area (Å²) in [4.78, 5) is 33.1. The van der Waals surface area contributed by atoms with E-state index in [9.17, 15) is 14.7 Å². The molecule has 1 amide bonds. The van der Waals surface area contributed by atoms with E-state index in [1.165, 1.54) is 16.2 Å². The van der Waals surface area contributed by atoms with E-state index < -0.39 is 23.5 Å². The lowest BCUT2D eigenvalue weighted by atomic mass is 9.95. The van der Waals surface area contributed by atoms with E-state index in [1.54, 1.807) is 36.4 Å². The molecular weight excluding hydrogens is 484 g/mol. The zero-order chi connectivity index (χ0) is 24.3. The van der Waals surface area contributed by atoms with Crippen molar-refractivity contribution >= 4 is 60.9 Å². The predicted molar refractivity (Wildman–Crippen MR) is 136 cm³/mol. The molecular formula is C27H17ClN2O4S. The summed E-state index contributed by atoms with van der Waals surface area (Å²) in [6.45, 7) is 1.98. The summed E-state index contributed by atoms with van der Waals surface area (Å²) in [6.07, 6.45) is 0. The number of carbonyl (C=O) groups excluding carboxylic acids is 2. The number of amides is 1. The van der Waals surface area contributed by atoms with Gasteiger partial charge in [-0.25, -0.2) is 4.98 Å². The third-order valence-corrected chi connectivity index (χ3v) is 7.30. The van der Waals surface area contributed by atoms with Crippen LogP contribution in [0.4, 0.5) is 5.13 Å². The van der Waals surface area contributed by atoms with Gasteiger partial charge in [-0.2, -0.15) is 0 Å². The number of anilines is 1. The number of rotatable bonds is 4. The largest absolute Gasteiger partial charge is 0.503 e. The average Bonchev–Trinajstić information content (AvgIpc) is 3.53. The van der Waals surface area contributed by atoms with Crippen molar-refractivity contribution in [1.82, 2.24) is 4.98 Å². The smallest absolute Gasteiger partial charge is 0.296 e. The van der Waals surface area contributed by atoms with Crippen LogP contribution in [-0.2, 0) is 4.79 Å². The van der Waals surface area contributed by atoms with Crippen LogP contribution in [0.2, 0.25) is 5.02 Å². The van der Waals surface area contributed by atoms with Gasteiger partial charge in [0.1, 0.15) is 5.58 Å². The van der Waals surface area contributed by atoms with Gasteiger partial charge in [0.15, 0.2) is 16.7 Å². The van der Waals surface area contributed by atoms with Gasteiger partial charge in [-0.05, 0) is 54.4 Å². The number of Topliss-reactive ketones (excluding diaryl/α,β-unsaturated/α-hetero) is 1. The molecule has 2 aromatic heterocycles. The Balaban J connectivity index is 1.51. The summed E-state index contributed by atoms with van der Waals surface area (Å²) in [7, 11) is 0. The highest BCUT2D eigenvalue weighted by Crippen LogP contribution is 2.44. The van der Waals surface area contributed by atoms with Crippen LogP contribution in [0.25, 0.3) is 21.2 Å². The molecule has 1 atom stereocenters. The third-order valence-electron chi connectivity index (χ3n) is 6.03. The maximum Gasteiger partial charge on any atom is 0.296 e. The molecule has 1 aliphatic heterocycles. The number of hydrogen-bond donors (Lipinski definition) is 1. The zero-order valence-electron chi connectivity index (χ0n) is 18.4. The molecule has 3 aromatic carbocycles. The topological polar surface area (TPSA) is 83.6 Å². The fourth-order valence-corrected chi connectivity index (χ4v) is 5.56. The molecule has 172 valence electrons. The number of aryl methyl sites for hydroxylation is 1. The first kappa shape index (κ1) is 21.6. The molecule has 5 aromatic rings. The zero-order valence-corrected chi connectivity index (χ0v) is 19.9. The Morgan fingerprint density at radius 3 is 2.63 bits per heavy atom. The number of hydrogen-bond acceptors (Lipinski definition) is 6. The molecule has 0 fully saturated rings. The monoisotopic (exact) mass is 500 g/mol. The van der Waals surface area contributed by atoms with Crippen molar-refractivity contribution in [3.63, 3.8) is 0 Å². The maximum atomic E-state index is 13.7. The van der Waals surface area contributed by atoms with Crippen molar-refractivity contribution in [2.45, 2.75) is 13.0 Å². The molecule has 1 aliphatic rings. The van der Waals surface area contributed by atoms with Crippen molar-refractivity contribution in [3.05, 3.63) is 106 Å². The number of furan rings is 1. The molecule has 8 heteroatoms. The van der Waals surface area contributed by atoms with E-state index in [2.05, 4.69) is 4.98 Å². The van der Waals surface area contributed by atoms with E-state index in [1.807, 2.05) is 43.3 Å². The van der Waals surface area contributed by atoms with Gasteiger partial charge < -0.3 is 9.52 Å². The molecule has 3 heterocycles. The van der Waals surface area contributed by atoms with Gasteiger partial charge in [-0.15, -0.1) is 0 Å². The first-order valence-corrected chi connectivity index (χ1v) is 12.0. The summed E-state index contributed by atoms with van der Waals surface area (Å²) in [5.74, 6) is -1.83. The van der Waals surface area contributed by atoms with Gasteiger partial charge in [0.05, 0.1) is 21.8 Å². The highest BCUT2D eigenvalue weighted by molar-refractivity contribution is 7.22. The number of ketones is 1. The number of carbonyl (C=O) groups is 2. The normalized spacial score (nSPS) is 16.1. The first-order chi connectivity index (χ1) is 16.9. The van der Waals surface area contributed by atoms with E-state index in [0.717, 1.165) is 21.2 Å². The summed E-state index contributed by atoms with van der Waals surface area (Å²) in [5.41, 5.74) is 2.89. The van der Waals surface area contributed by atoms with E-state index >= 15 is 0 Å². The van der Waals surface area contributed by atoms with Crippen LogP contribution < -0.4 is 4.90 Å². The Labute approximate surface area is 208 Å². The summed E-state index contributed by atoms with van der Waals surface area (Å²) in [5, 5.41) is 12.6. The fourth-order valence-electron chi connectivity index (χ4n) is 4.34. The van der Waals surface area contributed by atoms with Gasteiger partial charge in [0.25, 0.3) is 5.91 Å². The number of aromatic nitrogens is 1. The molecule has 0 saturated heterocycles. The van der Waals surface area contributed by atoms with Gasteiger partial charge in [-0.3, -0.25) is 14.5 Å². The van der Waals surface area contributed by atoms with Crippen molar-refractivity contribution in [1.29, 1.82) is 0 Å². The number of nitrogens with zero attached hydrogens (tertiary/aromatic N) is 2. The van der Waals surface area contributed by atoms with Crippen molar-refractivity contribution in [2.24, 2.45) is 0 Å². The van der Waals surface area contributed by atoms with E-state index in [0.29, 0.717) is 21.3 Å². The van der Waals surface area contributed by atoms with Gasteiger partial charge in [-0.1, -0.05) is 59.3 Å². The second kappa shape index (κ2) is 8.08. The number of fused-ring (bicyclic) bond motifs is 2. The Morgan fingerprint density at radius 1 is 1.09 bits per heavy atom. The Kier molecular flexibility index (Phi) is 4.98. The van der Waals surface area contributed by atoms with Gasteiger partial charge in [0.2, 0.25) is 5.78 Å². The van der Waals surface area contributed by atoms with Gasteiger partial charge in [0, 0.05) is 10.4 Å². The Morgan fingerprint density at radius 2 is 1.86 bits per heavy atom. The molecule has 0 radical (unpaired) electrons. The number of halogens is 1. The average molecular weight is 501 g/mol. The third kappa shape index (κ3) is 3.51. The number of para-hydroxylation sites is 1. The Bertz CT molecular complexity index is 1650. The predicted octanol–water partition coefficient (Wildman–Crippen LogP) is 6.79. The van der Waals surface area contributed by atoms with Crippen LogP contribution >= 0.6 is 22.9 Å². The molecule has 6 rings (SSSR count). The standard InChI is InChI=1S/C27H17ClN2O4S/c1-14-6-11-18-21(12-14)35-27(29-18)30-23(15-7-9-17(28)10-8-15)22(25(32)26(30)33)24(31)20-13-16-4-2-3-5-19(16)34-20/h2-13,23,32H,1H3. The SMILES string of the molecule is Cc1ccc2nc(N3C(=O)C(O)=C(C(=O)c4cc5ccccc5o4)C3c3ccc(Cl)cc3)sc2c1. The second-order valence-electron chi connectivity index (χ2n) is 8.34. The highest BCUT2D eigenvalue weighted by atomic mass is 35.5. The van der Waals surface area contributed by atoms with Crippen molar-refractivity contribution in [3.8, 4) is 0 Å². The number of aliphatic hydroxyl groups excluding tert-OH is 1. The molecule has 35 heavy (non-hydrogen) atoms. The summed E-state index contributed by atoms with van der Waals surface area (Å²) >= 11 is 7.43. The quantitative estimate of drug-likeness (QED) is 0.275. The fraction of sp³-hybridized carbons (Fsp3) is 0.0741. The van der Waals surface area contributed by atoms with Crippen LogP contribution in [0.15, 0.2) is 88.5 Å². The summed E-state index contributed by atoms with van der Waals surface area (Å²) in [6, 6.07) is 20.6. The molecule has 6 nitrogen and oxygen atoms in total. The van der Waals surface area contributed by atoms with Crippen LogP contribution in [0.1, 0.15) is 27.7 Å². The Hall–Kier alpha value is -3.94.